The number of ether oxygens (including phenoxy) is 1. The van der Waals surface area contributed by atoms with Gasteiger partial charge in [0, 0.05) is 62.4 Å². The van der Waals surface area contributed by atoms with Gasteiger partial charge in [0.05, 0.1) is 18.2 Å². The molecule has 1 fully saturated rings. The Labute approximate surface area is 163 Å². The van der Waals surface area contributed by atoms with Crippen LogP contribution in [0.15, 0.2) is 18.3 Å². The number of hydrogen-bond acceptors (Lipinski definition) is 5. The van der Waals surface area contributed by atoms with Crippen molar-refractivity contribution in [2.24, 2.45) is 0 Å². The molecule has 2 amide bonds. The van der Waals surface area contributed by atoms with E-state index in [1.54, 1.807) is 12.1 Å². The van der Waals surface area contributed by atoms with Crippen molar-refractivity contribution < 1.29 is 19.1 Å². The Morgan fingerprint density at radius 2 is 1.89 bits per heavy atom. The van der Waals surface area contributed by atoms with Gasteiger partial charge in [-0.05, 0) is 19.9 Å². The molecule has 1 aliphatic rings. The Hall–Kier alpha value is -2.87. The van der Waals surface area contributed by atoms with Gasteiger partial charge in [0.2, 0.25) is 0 Å². The predicted octanol–water partition coefficient (Wildman–Crippen LogP) is 1.27. The van der Waals surface area contributed by atoms with Gasteiger partial charge in [-0.1, -0.05) is 0 Å². The number of nitrogens with zero attached hydrogens (tertiary/aromatic N) is 2. The topological polar surface area (TPSA) is 94.7 Å². The number of rotatable bonds is 4. The number of H-pyrrole nitrogens is 1. The van der Waals surface area contributed by atoms with Crippen LogP contribution in [0.2, 0.25) is 0 Å². The molecule has 2 atom stereocenters. The van der Waals surface area contributed by atoms with Crippen molar-refractivity contribution in [2.75, 3.05) is 34.3 Å². The summed E-state index contributed by atoms with van der Waals surface area (Å²) in [6.07, 6.45) is 1.50. The van der Waals surface area contributed by atoms with E-state index in [0.29, 0.717) is 35.3 Å². The summed E-state index contributed by atoms with van der Waals surface area (Å²) in [5, 5.41) is 3.88. The molecule has 1 aliphatic heterocycles. The van der Waals surface area contributed by atoms with E-state index in [0.717, 1.165) is 0 Å². The number of carbonyl (C=O) groups is 3. The molecule has 28 heavy (non-hydrogen) atoms. The number of carbonyl (C=O) groups excluding carboxylic acids is 3. The zero-order chi connectivity index (χ0) is 20.6. The van der Waals surface area contributed by atoms with E-state index >= 15 is 0 Å². The number of methoxy groups -OCH3 is 1. The van der Waals surface area contributed by atoms with E-state index in [2.05, 4.69) is 10.3 Å². The monoisotopic (exact) mass is 386 g/mol. The third kappa shape index (κ3) is 3.47. The number of ketones is 1. The number of nitrogens with one attached hydrogen (secondary N) is 2. The molecule has 1 aromatic heterocycles. The van der Waals surface area contributed by atoms with Crippen LogP contribution in [0.4, 0.5) is 0 Å². The molecule has 1 aromatic carbocycles. The standard InChI is InChI=1S/C20H26N4O4/c1-11-10-24(12(2)8-21-11)19(26)14-6-13-15(18(25)20(27)23(3)4)9-22-16(13)7-17(14)28-5/h6-7,9,11-12,21-22H,8,10H2,1-5H3/t11-,12?/m0/s1. The maximum absolute atomic E-state index is 13.3. The number of piperazine rings is 1. The summed E-state index contributed by atoms with van der Waals surface area (Å²) in [4.78, 5) is 44.0. The van der Waals surface area contributed by atoms with E-state index < -0.39 is 11.7 Å². The van der Waals surface area contributed by atoms with Crippen LogP contribution in [0.25, 0.3) is 10.9 Å². The van der Waals surface area contributed by atoms with E-state index in [1.165, 1.54) is 32.3 Å². The predicted molar refractivity (Wildman–Crippen MR) is 106 cm³/mol. The molecule has 0 bridgehead atoms. The average Bonchev–Trinajstić information content (AvgIpc) is 3.09. The molecule has 3 rings (SSSR count). The van der Waals surface area contributed by atoms with Gasteiger partial charge in [-0.3, -0.25) is 14.4 Å². The summed E-state index contributed by atoms with van der Waals surface area (Å²) in [7, 11) is 4.56. The molecule has 8 nitrogen and oxygen atoms in total. The fourth-order valence-corrected chi connectivity index (χ4v) is 3.45. The number of benzene rings is 1. The number of aromatic amines is 1. The van der Waals surface area contributed by atoms with Crippen LogP contribution in [0, 0.1) is 0 Å². The largest absolute Gasteiger partial charge is 0.496 e. The smallest absolute Gasteiger partial charge is 0.294 e. The Morgan fingerprint density at radius 3 is 2.54 bits per heavy atom. The summed E-state index contributed by atoms with van der Waals surface area (Å²) in [5.41, 5.74) is 1.25. The lowest BCUT2D eigenvalue weighted by Crippen LogP contribution is -2.56. The molecule has 2 heterocycles. The Morgan fingerprint density at radius 1 is 1.18 bits per heavy atom. The normalized spacial score (nSPS) is 19.5. The first-order valence-corrected chi connectivity index (χ1v) is 9.24. The zero-order valence-corrected chi connectivity index (χ0v) is 16.8. The second-order valence-corrected chi connectivity index (χ2v) is 7.44. The SMILES string of the molecule is COc1cc2[nH]cc(C(=O)C(=O)N(C)C)c2cc1C(=O)N1C[C@H](C)NCC1C. The molecule has 1 unspecified atom stereocenters. The summed E-state index contributed by atoms with van der Waals surface area (Å²) in [5.74, 6) is -0.966. The quantitative estimate of drug-likeness (QED) is 0.610. The minimum absolute atomic E-state index is 0.0340. The van der Waals surface area contributed by atoms with Gasteiger partial charge in [-0.25, -0.2) is 0 Å². The third-order valence-corrected chi connectivity index (χ3v) is 5.10. The zero-order valence-electron chi connectivity index (χ0n) is 16.8. The molecule has 0 aliphatic carbocycles. The van der Waals surface area contributed by atoms with Gasteiger partial charge in [0.15, 0.2) is 0 Å². The van der Waals surface area contributed by atoms with Crippen LogP contribution < -0.4 is 10.1 Å². The number of aromatic nitrogens is 1. The van der Waals surface area contributed by atoms with Gasteiger partial charge < -0.3 is 24.8 Å². The Bertz CT molecular complexity index is 934. The van der Waals surface area contributed by atoms with E-state index in [-0.39, 0.29) is 23.6 Å². The average molecular weight is 386 g/mol. The van der Waals surface area contributed by atoms with Crippen LogP contribution in [-0.4, -0.2) is 78.8 Å². The minimum atomic E-state index is -0.621. The van der Waals surface area contributed by atoms with Gasteiger partial charge in [-0.15, -0.1) is 0 Å². The highest BCUT2D eigenvalue weighted by atomic mass is 16.5. The molecular weight excluding hydrogens is 360 g/mol. The molecular formula is C20H26N4O4. The molecule has 2 aromatic rings. The summed E-state index contributed by atoms with van der Waals surface area (Å²) in [6.45, 7) is 5.31. The highest BCUT2D eigenvalue weighted by molar-refractivity contribution is 6.44. The molecule has 8 heteroatoms. The van der Waals surface area contributed by atoms with Gasteiger partial charge in [0.25, 0.3) is 17.6 Å². The van der Waals surface area contributed by atoms with Crippen molar-refractivity contribution in [2.45, 2.75) is 25.9 Å². The Balaban J connectivity index is 2.06. The lowest BCUT2D eigenvalue weighted by Gasteiger charge is -2.37. The first kappa shape index (κ1) is 19.9. The molecule has 0 radical (unpaired) electrons. The van der Waals surface area contributed by atoms with Crippen LogP contribution in [0.1, 0.15) is 34.6 Å². The number of Topliss-reactive ketones (excluding diaryl/α,β-unsaturated/α-hetero) is 1. The lowest BCUT2D eigenvalue weighted by molar-refractivity contribution is -0.124. The van der Waals surface area contributed by atoms with Crippen molar-refractivity contribution in [1.29, 1.82) is 0 Å². The number of hydrogen-bond donors (Lipinski definition) is 2. The number of amides is 2. The highest BCUT2D eigenvalue weighted by Crippen LogP contribution is 2.30. The molecule has 0 saturated carbocycles. The van der Waals surface area contributed by atoms with Crippen LogP contribution in [0.5, 0.6) is 5.75 Å². The maximum Gasteiger partial charge on any atom is 0.294 e. The fourth-order valence-electron chi connectivity index (χ4n) is 3.45. The first-order valence-electron chi connectivity index (χ1n) is 9.24. The number of likely N-dealkylation sites (N-methyl/N-ethyl adjacent to an activating group) is 1. The van der Waals surface area contributed by atoms with Gasteiger partial charge in [0.1, 0.15) is 5.75 Å². The third-order valence-electron chi connectivity index (χ3n) is 5.10. The summed E-state index contributed by atoms with van der Waals surface area (Å²) in [6, 6.07) is 3.56. The van der Waals surface area contributed by atoms with E-state index in [1.807, 2.05) is 18.7 Å². The molecule has 0 spiro atoms. The minimum Gasteiger partial charge on any atom is -0.496 e. The summed E-state index contributed by atoms with van der Waals surface area (Å²) < 4.78 is 5.44. The number of fused-ring (bicyclic) bond motifs is 1. The van der Waals surface area contributed by atoms with Crippen molar-refractivity contribution in [3.63, 3.8) is 0 Å². The summed E-state index contributed by atoms with van der Waals surface area (Å²) >= 11 is 0. The van der Waals surface area contributed by atoms with Crippen molar-refractivity contribution in [3.05, 3.63) is 29.5 Å². The van der Waals surface area contributed by atoms with E-state index in [9.17, 15) is 14.4 Å². The van der Waals surface area contributed by atoms with Crippen molar-refractivity contribution in [3.8, 4) is 5.75 Å². The molecule has 150 valence electrons. The van der Waals surface area contributed by atoms with Crippen LogP contribution >= 0.6 is 0 Å². The van der Waals surface area contributed by atoms with Gasteiger partial charge in [-0.2, -0.15) is 0 Å². The van der Waals surface area contributed by atoms with Crippen LogP contribution in [0.3, 0.4) is 0 Å². The second-order valence-electron chi connectivity index (χ2n) is 7.44. The fraction of sp³-hybridized carbons (Fsp3) is 0.450. The second kappa shape index (κ2) is 7.63. The highest BCUT2D eigenvalue weighted by Gasteiger charge is 2.30. The van der Waals surface area contributed by atoms with E-state index in [4.69, 9.17) is 4.74 Å². The maximum atomic E-state index is 13.3. The lowest BCUT2D eigenvalue weighted by atomic mass is 10.0. The van der Waals surface area contributed by atoms with Gasteiger partial charge >= 0.3 is 0 Å². The van der Waals surface area contributed by atoms with Crippen molar-refractivity contribution >= 4 is 28.5 Å². The first-order chi connectivity index (χ1) is 13.2. The van der Waals surface area contributed by atoms with Crippen molar-refractivity contribution in [1.82, 2.24) is 20.1 Å². The molecule has 1 saturated heterocycles. The molecule has 2 N–H and O–H groups in total. The van der Waals surface area contributed by atoms with Crippen LogP contribution in [-0.2, 0) is 4.79 Å². The Kier molecular flexibility index (Phi) is 5.42.